The van der Waals surface area contributed by atoms with E-state index in [0.29, 0.717) is 38.3 Å². The summed E-state index contributed by atoms with van der Waals surface area (Å²) in [5.41, 5.74) is 2.59. The molecule has 1 saturated carbocycles. The molecule has 174 valence electrons. The molecule has 2 fully saturated rings. The Hall–Kier alpha value is -2.46. The number of hydrogen-bond acceptors (Lipinski definition) is 7. The molecular formula is C24H28N4O4S. The molecule has 3 heterocycles. The van der Waals surface area contributed by atoms with Gasteiger partial charge in [0.2, 0.25) is 10.0 Å². The second kappa shape index (κ2) is 9.42. The number of aromatic nitrogens is 3. The van der Waals surface area contributed by atoms with Gasteiger partial charge >= 0.3 is 0 Å². The summed E-state index contributed by atoms with van der Waals surface area (Å²) in [6.07, 6.45) is 9.78. The molecule has 0 N–H and O–H groups in total. The number of sulfonamides is 1. The highest BCUT2D eigenvalue weighted by Gasteiger charge is 2.27. The van der Waals surface area contributed by atoms with Crippen LogP contribution in [0.3, 0.4) is 0 Å². The van der Waals surface area contributed by atoms with Crippen molar-refractivity contribution in [2.75, 3.05) is 33.4 Å². The highest BCUT2D eigenvalue weighted by Crippen LogP contribution is 2.34. The van der Waals surface area contributed by atoms with Crippen LogP contribution in [0.1, 0.15) is 37.4 Å². The molecule has 1 aliphatic carbocycles. The average molecular weight is 469 g/mol. The van der Waals surface area contributed by atoms with Crippen LogP contribution in [0.5, 0.6) is 0 Å². The van der Waals surface area contributed by atoms with Crippen molar-refractivity contribution in [1.29, 1.82) is 0 Å². The van der Waals surface area contributed by atoms with Crippen molar-refractivity contribution in [2.45, 2.75) is 42.6 Å². The molecule has 1 saturated heterocycles. The minimum atomic E-state index is -3.53. The maximum atomic E-state index is 12.9. The molecule has 2 aliphatic rings. The van der Waals surface area contributed by atoms with E-state index >= 15 is 0 Å². The largest absolute Gasteiger partial charge is 0.381 e. The van der Waals surface area contributed by atoms with E-state index in [1.165, 1.54) is 4.31 Å². The van der Waals surface area contributed by atoms with E-state index < -0.39 is 10.0 Å². The van der Waals surface area contributed by atoms with Crippen molar-refractivity contribution in [3.05, 3.63) is 48.7 Å². The quantitative estimate of drug-likeness (QED) is 0.566. The number of methoxy groups -OCH3 is 1. The second-order valence-electron chi connectivity index (χ2n) is 8.60. The Morgan fingerprint density at radius 2 is 1.73 bits per heavy atom. The molecule has 1 aliphatic heterocycles. The fourth-order valence-electron chi connectivity index (χ4n) is 4.68. The number of ether oxygens (including phenoxy) is 2. The highest BCUT2D eigenvalue weighted by molar-refractivity contribution is 7.89. The van der Waals surface area contributed by atoms with Crippen molar-refractivity contribution in [3.8, 4) is 11.1 Å². The summed E-state index contributed by atoms with van der Waals surface area (Å²) < 4.78 is 38.1. The monoisotopic (exact) mass is 468 g/mol. The van der Waals surface area contributed by atoms with Gasteiger partial charge in [0.1, 0.15) is 5.82 Å². The van der Waals surface area contributed by atoms with Crippen molar-refractivity contribution in [1.82, 2.24) is 19.3 Å². The van der Waals surface area contributed by atoms with E-state index in [-0.39, 0.29) is 4.90 Å². The van der Waals surface area contributed by atoms with Gasteiger partial charge in [-0.2, -0.15) is 4.31 Å². The fourth-order valence-corrected chi connectivity index (χ4v) is 6.08. The average Bonchev–Trinajstić information content (AvgIpc) is 2.88. The number of nitrogens with zero attached hydrogens (tertiary/aromatic N) is 4. The molecule has 0 bridgehead atoms. The zero-order valence-corrected chi connectivity index (χ0v) is 19.5. The number of hydrogen-bond donors (Lipinski definition) is 0. The zero-order chi connectivity index (χ0) is 22.8. The van der Waals surface area contributed by atoms with Gasteiger partial charge in [-0.1, -0.05) is 12.1 Å². The number of benzene rings is 1. The number of morpholine rings is 1. The van der Waals surface area contributed by atoms with Gasteiger partial charge in [-0.3, -0.25) is 4.98 Å². The van der Waals surface area contributed by atoms with Crippen molar-refractivity contribution < 1.29 is 17.9 Å². The van der Waals surface area contributed by atoms with Crippen LogP contribution in [-0.4, -0.2) is 67.2 Å². The number of fused-ring (bicyclic) bond motifs is 1. The third-order valence-electron chi connectivity index (χ3n) is 6.65. The van der Waals surface area contributed by atoms with Gasteiger partial charge in [-0.25, -0.2) is 18.4 Å². The SMILES string of the molecule is COC1CCC(c2ncc3cncc(-c4ccc(S(=O)(=O)N5CCOCC5)cc4)c3n2)CC1. The first-order chi connectivity index (χ1) is 16.1. The molecule has 1 aromatic carbocycles. The van der Waals surface area contributed by atoms with E-state index in [2.05, 4.69) is 9.97 Å². The Labute approximate surface area is 194 Å². The Kier molecular flexibility index (Phi) is 6.38. The molecule has 8 nitrogen and oxygen atoms in total. The Morgan fingerprint density at radius 1 is 1.00 bits per heavy atom. The van der Waals surface area contributed by atoms with E-state index in [4.69, 9.17) is 14.5 Å². The lowest BCUT2D eigenvalue weighted by atomic mass is 9.86. The molecule has 0 radical (unpaired) electrons. The summed E-state index contributed by atoms with van der Waals surface area (Å²) in [5.74, 6) is 1.18. The van der Waals surface area contributed by atoms with E-state index in [0.717, 1.165) is 53.5 Å². The molecule has 3 aromatic rings. The predicted molar refractivity (Wildman–Crippen MR) is 124 cm³/mol. The van der Waals surface area contributed by atoms with Crippen molar-refractivity contribution >= 4 is 20.9 Å². The zero-order valence-electron chi connectivity index (χ0n) is 18.7. The summed E-state index contributed by atoms with van der Waals surface area (Å²) in [6.45, 7) is 1.61. The van der Waals surface area contributed by atoms with E-state index in [1.54, 1.807) is 31.6 Å². The van der Waals surface area contributed by atoms with Gasteiger partial charge in [0.25, 0.3) is 0 Å². The van der Waals surface area contributed by atoms with Gasteiger partial charge in [0, 0.05) is 55.7 Å². The molecule has 0 spiro atoms. The van der Waals surface area contributed by atoms with Crippen LogP contribution in [-0.2, 0) is 19.5 Å². The Balaban J connectivity index is 1.44. The first-order valence-corrected chi connectivity index (χ1v) is 12.8. The van der Waals surface area contributed by atoms with Crippen LogP contribution < -0.4 is 0 Å². The predicted octanol–water partition coefficient (Wildman–Crippen LogP) is 3.39. The Bertz CT molecular complexity index is 1220. The highest BCUT2D eigenvalue weighted by atomic mass is 32.2. The van der Waals surface area contributed by atoms with Crippen LogP contribution in [0.2, 0.25) is 0 Å². The summed E-state index contributed by atoms with van der Waals surface area (Å²) in [5, 5.41) is 0.867. The van der Waals surface area contributed by atoms with Crippen molar-refractivity contribution in [2.24, 2.45) is 0 Å². The molecule has 0 amide bonds. The molecule has 9 heteroatoms. The summed E-state index contributed by atoms with van der Waals surface area (Å²) in [4.78, 5) is 14.2. The topological polar surface area (TPSA) is 94.5 Å². The lowest BCUT2D eigenvalue weighted by Gasteiger charge is -2.26. The molecular weight excluding hydrogens is 440 g/mol. The molecule has 2 aromatic heterocycles. The summed E-state index contributed by atoms with van der Waals surface area (Å²) in [7, 11) is -1.76. The minimum Gasteiger partial charge on any atom is -0.381 e. The number of pyridine rings is 1. The van der Waals surface area contributed by atoms with Gasteiger partial charge in [-0.05, 0) is 43.4 Å². The maximum absolute atomic E-state index is 12.9. The third kappa shape index (κ3) is 4.50. The smallest absolute Gasteiger partial charge is 0.243 e. The normalized spacial score (nSPS) is 22.5. The van der Waals surface area contributed by atoms with Crippen LogP contribution in [0.25, 0.3) is 22.0 Å². The Morgan fingerprint density at radius 3 is 2.42 bits per heavy atom. The summed E-state index contributed by atoms with van der Waals surface area (Å²) >= 11 is 0. The first kappa shape index (κ1) is 22.3. The minimum absolute atomic E-state index is 0.284. The molecule has 0 atom stereocenters. The van der Waals surface area contributed by atoms with Gasteiger partial charge < -0.3 is 9.47 Å². The van der Waals surface area contributed by atoms with Crippen LogP contribution in [0.4, 0.5) is 0 Å². The van der Waals surface area contributed by atoms with Crippen LogP contribution >= 0.6 is 0 Å². The van der Waals surface area contributed by atoms with E-state index in [9.17, 15) is 8.42 Å². The lowest BCUT2D eigenvalue weighted by molar-refractivity contribution is 0.0651. The third-order valence-corrected chi connectivity index (χ3v) is 8.57. The van der Waals surface area contributed by atoms with Gasteiger partial charge in [0.15, 0.2) is 0 Å². The van der Waals surface area contributed by atoms with Gasteiger partial charge in [-0.15, -0.1) is 0 Å². The maximum Gasteiger partial charge on any atom is 0.243 e. The standard InChI is InChI=1S/C24H28N4O4S/c1-31-20-6-2-18(3-7-20)24-26-15-19-14-25-16-22(23(19)27-24)17-4-8-21(9-5-17)33(29,30)28-10-12-32-13-11-28/h4-5,8-9,14-16,18,20H,2-3,6-7,10-13H2,1H3. The second-order valence-corrected chi connectivity index (χ2v) is 10.5. The molecule has 5 rings (SSSR count). The number of rotatable bonds is 5. The fraction of sp³-hybridized carbons (Fsp3) is 0.458. The van der Waals surface area contributed by atoms with Crippen molar-refractivity contribution in [3.63, 3.8) is 0 Å². The van der Waals surface area contributed by atoms with Crippen LogP contribution in [0.15, 0.2) is 47.8 Å². The summed E-state index contributed by atoms with van der Waals surface area (Å²) in [6, 6.07) is 6.98. The lowest BCUT2D eigenvalue weighted by Crippen LogP contribution is -2.40. The van der Waals surface area contributed by atoms with E-state index in [1.807, 2.05) is 18.3 Å². The first-order valence-electron chi connectivity index (χ1n) is 11.4. The molecule has 33 heavy (non-hydrogen) atoms. The molecule has 0 unspecified atom stereocenters. The van der Waals surface area contributed by atoms with Crippen LogP contribution in [0, 0.1) is 0 Å². The van der Waals surface area contributed by atoms with Gasteiger partial charge in [0.05, 0.1) is 29.7 Å².